The van der Waals surface area contributed by atoms with Gasteiger partial charge in [0.25, 0.3) is 12.3 Å². The summed E-state index contributed by atoms with van der Waals surface area (Å²) in [7, 11) is 1.52. The quantitative estimate of drug-likeness (QED) is 0.865. The Morgan fingerprint density at radius 3 is 2.83 bits per heavy atom. The van der Waals surface area contributed by atoms with Crippen LogP contribution in [0.25, 0.3) is 0 Å². The molecular weight excluding hydrogens is 338 g/mol. The molecule has 136 valence electrons. The maximum absolute atomic E-state index is 13.0. The van der Waals surface area contributed by atoms with Crippen LogP contribution in [0.15, 0.2) is 6.20 Å². The first kappa shape index (κ1) is 19.1. The van der Waals surface area contributed by atoms with Crippen LogP contribution in [0.4, 0.5) is 8.78 Å². The maximum atomic E-state index is 13.0. The number of hydrogen-bond donors (Lipinski definition) is 2. The number of aryl methyl sites for hydroxylation is 1. The van der Waals surface area contributed by atoms with Gasteiger partial charge in [-0.15, -0.1) is 12.4 Å². The molecule has 0 bridgehead atoms. The Hall–Kier alpha value is -1.21. The monoisotopic (exact) mass is 362 g/mol. The molecule has 1 unspecified atom stereocenters. The third-order valence-electron chi connectivity index (χ3n) is 5.62. The van der Waals surface area contributed by atoms with E-state index in [2.05, 4.69) is 15.7 Å². The zero-order valence-electron chi connectivity index (χ0n) is 13.9. The molecule has 2 aliphatic rings. The number of hydrogen-bond acceptors (Lipinski definition) is 3. The van der Waals surface area contributed by atoms with Crippen LogP contribution in [0.3, 0.4) is 0 Å². The summed E-state index contributed by atoms with van der Waals surface area (Å²) in [4.78, 5) is 12.4. The molecule has 0 aromatic carbocycles. The van der Waals surface area contributed by atoms with Crippen LogP contribution in [0, 0.1) is 11.3 Å². The third kappa shape index (κ3) is 3.57. The van der Waals surface area contributed by atoms with Crippen molar-refractivity contribution in [3.05, 3.63) is 17.5 Å². The number of alkyl halides is 2. The Morgan fingerprint density at radius 2 is 2.17 bits per heavy atom. The smallest absolute Gasteiger partial charge is 0.270 e. The van der Waals surface area contributed by atoms with E-state index in [1.807, 2.05) is 0 Å². The second kappa shape index (κ2) is 7.78. The SMILES string of the molecule is Cl.Cn1ncc(C(F)F)c1C(=O)NCC1CCCC12CCNCC2. The maximum Gasteiger partial charge on any atom is 0.270 e. The molecule has 1 aliphatic carbocycles. The summed E-state index contributed by atoms with van der Waals surface area (Å²) in [5.74, 6) is -0.00642. The second-order valence-corrected chi connectivity index (χ2v) is 6.78. The van der Waals surface area contributed by atoms with Crippen molar-refractivity contribution in [3.63, 3.8) is 0 Å². The topological polar surface area (TPSA) is 59.0 Å². The average molecular weight is 363 g/mol. The molecule has 8 heteroatoms. The van der Waals surface area contributed by atoms with Crippen LogP contribution >= 0.6 is 12.4 Å². The van der Waals surface area contributed by atoms with E-state index in [4.69, 9.17) is 0 Å². The van der Waals surface area contributed by atoms with E-state index in [-0.39, 0.29) is 23.7 Å². The average Bonchev–Trinajstić information content (AvgIpc) is 3.10. The number of nitrogens with one attached hydrogen (secondary N) is 2. The fourth-order valence-electron chi connectivity index (χ4n) is 4.30. The van der Waals surface area contributed by atoms with Gasteiger partial charge in [-0.2, -0.15) is 5.10 Å². The molecule has 24 heavy (non-hydrogen) atoms. The van der Waals surface area contributed by atoms with Gasteiger partial charge in [-0.05, 0) is 50.1 Å². The third-order valence-corrected chi connectivity index (χ3v) is 5.62. The molecule has 2 fully saturated rings. The fraction of sp³-hybridized carbons (Fsp3) is 0.750. The van der Waals surface area contributed by atoms with Crippen molar-refractivity contribution in [1.82, 2.24) is 20.4 Å². The lowest BCUT2D eigenvalue weighted by atomic mass is 9.71. The number of rotatable bonds is 4. The molecule has 1 spiro atoms. The number of halogens is 3. The first-order chi connectivity index (χ1) is 11.0. The van der Waals surface area contributed by atoms with E-state index in [0.717, 1.165) is 38.5 Å². The predicted octanol–water partition coefficient (Wildman–Crippen LogP) is 2.68. The summed E-state index contributed by atoms with van der Waals surface area (Å²) in [5.41, 5.74) is -0.0124. The van der Waals surface area contributed by atoms with Crippen molar-refractivity contribution in [2.24, 2.45) is 18.4 Å². The number of carbonyl (C=O) groups is 1. The summed E-state index contributed by atoms with van der Waals surface area (Å²) >= 11 is 0. The highest BCUT2D eigenvalue weighted by atomic mass is 35.5. The standard InChI is InChI=1S/C16H24F2N4O.ClH/c1-22-13(12(10-21-22)14(17)18)15(23)20-9-11-3-2-4-16(11)5-7-19-8-6-16;/h10-11,14,19H,2-9H2,1H3,(H,20,23);1H. The van der Waals surface area contributed by atoms with Crippen LogP contribution in [-0.4, -0.2) is 35.3 Å². The first-order valence-electron chi connectivity index (χ1n) is 8.32. The highest BCUT2D eigenvalue weighted by molar-refractivity contribution is 5.94. The van der Waals surface area contributed by atoms with E-state index in [1.54, 1.807) is 0 Å². The second-order valence-electron chi connectivity index (χ2n) is 6.78. The Bertz CT molecular complexity index is 572. The summed E-state index contributed by atoms with van der Waals surface area (Å²) in [6.45, 7) is 2.62. The van der Waals surface area contributed by atoms with Crippen LogP contribution in [0.2, 0.25) is 0 Å². The Labute approximate surface area is 147 Å². The highest BCUT2D eigenvalue weighted by Gasteiger charge is 2.43. The molecule has 2 N–H and O–H groups in total. The van der Waals surface area contributed by atoms with Gasteiger partial charge in [-0.3, -0.25) is 9.48 Å². The molecule has 1 amide bonds. The van der Waals surface area contributed by atoms with Crippen molar-refractivity contribution in [3.8, 4) is 0 Å². The minimum absolute atomic E-state index is 0. The van der Waals surface area contributed by atoms with Crippen molar-refractivity contribution in [2.45, 2.75) is 38.5 Å². The predicted molar refractivity (Wildman–Crippen MR) is 89.6 cm³/mol. The lowest BCUT2D eigenvalue weighted by Gasteiger charge is -2.39. The highest BCUT2D eigenvalue weighted by Crippen LogP contribution is 2.49. The summed E-state index contributed by atoms with van der Waals surface area (Å²) in [6, 6.07) is 0. The minimum atomic E-state index is -2.69. The molecule has 1 aliphatic heterocycles. The molecule has 5 nitrogen and oxygen atoms in total. The van der Waals surface area contributed by atoms with Crippen molar-refractivity contribution < 1.29 is 13.6 Å². The summed E-state index contributed by atoms with van der Waals surface area (Å²) < 4.78 is 27.2. The lowest BCUT2D eigenvalue weighted by molar-refractivity contribution is 0.0886. The van der Waals surface area contributed by atoms with Crippen molar-refractivity contribution in [2.75, 3.05) is 19.6 Å². The number of aromatic nitrogens is 2. The Morgan fingerprint density at radius 1 is 1.46 bits per heavy atom. The van der Waals surface area contributed by atoms with E-state index >= 15 is 0 Å². The van der Waals surface area contributed by atoms with Gasteiger partial charge in [0.1, 0.15) is 5.69 Å². The van der Waals surface area contributed by atoms with E-state index < -0.39 is 12.3 Å². The van der Waals surface area contributed by atoms with Gasteiger partial charge in [0.05, 0.1) is 11.8 Å². The molecule has 0 radical (unpaired) electrons. The molecule has 1 saturated heterocycles. The fourth-order valence-corrected chi connectivity index (χ4v) is 4.30. The van der Waals surface area contributed by atoms with Gasteiger partial charge >= 0.3 is 0 Å². The zero-order chi connectivity index (χ0) is 16.4. The van der Waals surface area contributed by atoms with Crippen LogP contribution in [0.5, 0.6) is 0 Å². The van der Waals surface area contributed by atoms with E-state index in [9.17, 15) is 13.6 Å². The van der Waals surface area contributed by atoms with Crippen LogP contribution < -0.4 is 10.6 Å². The lowest BCUT2D eigenvalue weighted by Crippen LogP contribution is -2.43. The molecule has 1 aromatic rings. The van der Waals surface area contributed by atoms with Gasteiger partial charge in [0.15, 0.2) is 0 Å². The summed E-state index contributed by atoms with van der Waals surface area (Å²) in [6.07, 6.45) is 4.17. The largest absolute Gasteiger partial charge is 0.350 e. The van der Waals surface area contributed by atoms with Gasteiger partial charge in [0.2, 0.25) is 0 Å². The van der Waals surface area contributed by atoms with Gasteiger partial charge in [-0.25, -0.2) is 8.78 Å². The van der Waals surface area contributed by atoms with Gasteiger partial charge in [0, 0.05) is 13.6 Å². The summed E-state index contributed by atoms with van der Waals surface area (Å²) in [5, 5.41) is 10.1. The van der Waals surface area contributed by atoms with Crippen molar-refractivity contribution in [1.29, 1.82) is 0 Å². The van der Waals surface area contributed by atoms with Crippen LogP contribution in [0.1, 0.15) is 54.6 Å². The minimum Gasteiger partial charge on any atom is -0.350 e. The molecule has 1 aromatic heterocycles. The molecule has 1 saturated carbocycles. The van der Waals surface area contributed by atoms with Gasteiger partial charge in [-0.1, -0.05) is 6.42 Å². The normalized spacial score (nSPS) is 22.6. The molecule has 3 rings (SSSR count). The number of piperidine rings is 1. The first-order valence-corrected chi connectivity index (χ1v) is 8.32. The molecular formula is C16H25ClF2N4O. The Kier molecular flexibility index (Phi) is 6.20. The van der Waals surface area contributed by atoms with Crippen molar-refractivity contribution >= 4 is 18.3 Å². The van der Waals surface area contributed by atoms with Crippen LogP contribution in [-0.2, 0) is 7.05 Å². The molecule has 2 heterocycles. The number of amides is 1. The Balaban J connectivity index is 0.00000208. The zero-order valence-corrected chi connectivity index (χ0v) is 14.7. The van der Waals surface area contributed by atoms with E-state index in [1.165, 1.54) is 24.6 Å². The number of nitrogens with zero attached hydrogens (tertiary/aromatic N) is 2. The molecule has 1 atom stereocenters. The van der Waals surface area contributed by atoms with Gasteiger partial charge < -0.3 is 10.6 Å². The number of carbonyl (C=O) groups excluding carboxylic acids is 1. The van der Waals surface area contributed by atoms with E-state index in [0.29, 0.717) is 17.9 Å².